The predicted molar refractivity (Wildman–Crippen MR) is 106 cm³/mol. The Hall–Kier alpha value is -3.47. The summed E-state index contributed by atoms with van der Waals surface area (Å²) >= 11 is 0. The maximum Gasteiger partial charge on any atom is 0.337 e. The van der Waals surface area contributed by atoms with Crippen LogP contribution in [-0.4, -0.2) is 26.3 Å². The third-order valence-electron chi connectivity index (χ3n) is 3.97. The van der Waals surface area contributed by atoms with E-state index in [4.69, 9.17) is 14.2 Å². The fourth-order valence-electron chi connectivity index (χ4n) is 2.50. The third-order valence-corrected chi connectivity index (χ3v) is 3.97. The van der Waals surface area contributed by atoms with Gasteiger partial charge in [-0.1, -0.05) is 30.3 Å². The second-order valence-corrected chi connectivity index (χ2v) is 5.96. The van der Waals surface area contributed by atoms with Crippen LogP contribution in [0.3, 0.4) is 0 Å². The van der Waals surface area contributed by atoms with Crippen molar-refractivity contribution in [1.29, 1.82) is 0 Å². The summed E-state index contributed by atoms with van der Waals surface area (Å²) in [6.45, 7) is 1.33. The lowest BCUT2D eigenvalue weighted by Gasteiger charge is -2.10. The zero-order chi connectivity index (χ0) is 19.6. The minimum Gasteiger partial charge on any atom is -0.490 e. The Morgan fingerprint density at radius 3 is 1.71 bits per heavy atom. The molecular formula is C23H22O5. The van der Waals surface area contributed by atoms with Crippen LogP contribution in [0, 0.1) is 0 Å². The van der Waals surface area contributed by atoms with E-state index in [9.17, 15) is 4.79 Å². The fraction of sp³-hybridized carbons (Fsp3) is 0.174. The molecule has 0 N–H and O–H groups in total. The molecule has 0 spiro atoms. The fourth-order valence-corrected chi connectivity index (χ4v) is 2.50. The average molecular weight is 378 g/mol. The molecule has 0 aromatic heterocycles. The van der Waals surface area contributed by atoms with Crippen LogP contribution in [0.15, 0.2) is 78.9 Å². The van der Waals surface area contributed by atoms with E-state index in [1.165, 1.54) is 7.11 Å². The molecule has 0 fully saturated rings. The van der Waals surface area contributed by atoms with Gasteiger partial charge < -0.3 is 18.9 Å². The molecule has 3 aromatic carbocycles. The third kappa shape index (κ3) is 5.77. The molecule has 0 amide bonds. The summed E-state index contributed by atoms with van der Waals surface area (Å²) in [4.78, 5) is 11.4. The maximum atomic E-state index is 11.4. The number of benzene rings is 3. The van der Waals surface area contributed by atoms with Crippen LogP contribution in [0.4, 0.5) is 0 Å². The topological polar surface area (TPSA) is 54.0 Å². The molecule has 144 valence electrons. The number of esters is 1. The minimum atomic E-state index is -0.369. The van der Waals surface area contributed by atoms with Crippen molar-refractivity contribution in [3.8, 4) is 17.2 Å². The van der Waals surface area contributed by atoms with Gasteiger partial charge in [-0.15, -0.1) is 0 Å². The molecule has 0 saturated heterocycles. The largest absolute Gasteiger partial charge is 0.490 e. The summed E-state index contributed by atoms with van der Waals surface area (Å²) in [6.07, 6.45) is 0. The molecule has 3 rings (SSSR count). The quantitative estimate of drug-likeness (QED) is 0.405. The molecule has 0 aliphatic heterocycles. The van der Waals surface area contributed by atoms with Crippen molar-refractivity contribution >= 4 is 5.97 Å². The van der Waals surface area contributed by atoms with Gasteiger partial charge in [0, 0.05) is 0 Å². The normalized spacial score (nSPS) is 10.2. The van der Waals surface area contributed by atoms with Crippen molar-refractivity contribution in [3.05, 3.63) is 90.0 Å². The molecule has 0 aliphatic carbocycles. The zero-order valence-corrected chi connectivity index (χ0v) is 15.7. The number of hydrogen-bond acceptors (Lipinski definition) is 5. The number of rotatable bonds is 9. The highest BCUT2D eigenvalue weighted by Crippen LogP contribution is 2.19. The van der Waals surface area contributed by atoms with Gasteiger partial charge in [0.2, 0.25) is 0 Å². The second kappa shape index (κ2) is 10.0. The van der Waals surface area contributed by atoms with Gasteiger partial charge in [-0.25, -0.2) is 4.79 Å². The van der Waals surface area contributed by atoms with Crippen LogP contribution in [-0.2, 0) is 11.3 Å². The van der Waals surface area contributed by atoms with E-state index >= 15 is 0 Å². The van der Waals surface area contributed by atoms with Crippen molar-refractivity contribution < 1.29 is 23.7 Å². The van der Waals surface area contributed by atoms with E-state index in [-0.39, 0.29) is 5.97 Å². The molecule has 3 aromatic rings. The van der Waals surface area contributed by atoms with Gasteiger partial charge in [-0.05, 0) is 54.1 Å². The SMILES string of the molecule is COC(=O)c1ccc(OCCOc2ccc(OCc3ccccc3)cc2)cc1. The molecule has 0 bridgehead atoms. The van der Waals surface area contributed by atoms with Crippen LogP contribution in [0.1, 0.15) is 15.9 Å². The van der Waals surface area contributed by atoms with Gasteiger partial charge in [0.05, 0.1) is 12.7 Å². The second-order valence-electron chi connectivity index (χ2n) is 5.96. The Labute approximate surface area is 164 Å². The lowest BCUT2D eigenvalue weighted by Crippen LogP contribution is -2.09. The van der Waals surface area contributed by atoms with Gasteiger partial charge in [-0.3, -0.25) is 0 Å². The molecular weight excluding hydrogens is 356 g/mol. The Morgan fingerprint density at radius 1 is 0.679 bits per heavy atom. The monoisotopic (exact) mass is 378 g/mol. The molecule has 0 radical (unpaired) electrons. The molecule has 0 atom stereocenters. The Kier molecular flexibility index (Phi) is 6.90. The van der Waals surface area contributed by atoms with E-state index in [1.807, 2.05) is 54.6 Å². The van der Waals surface area contributed by atoms with Crippen LogP contribution in [0.25, 0.3) is 0 Å². The van der Waals surface area contributed by atoms with Crippen molar-refractivity contribution in [2.24, 2.45) is 0 Å². The van der Waals surface area contributed by atoms with Crippen molar-refractivity contribution in [1.82, 2.24) is 0 Å². The molecule has 0 aliphatic rings. The first-order chi connectivity index (χ1) is 13.7. The van der Waals surface area contributed by atoms with Crippen LogP contribution in [0.5, 0.6) is 17.2 Å². The van der Waals surface area contributed by atoms with Gasteiger partial charge in [0.15, 0.2) is 0 Å². The van der Waals surface area contributed by atoms with Gasteiger partial charge in [0.1, 0.15) is 37.1 Å². The number of ether oxygens (including phenoxy) is 4. The van der Waals surface area contributed by atoms with Crippen LogP contribution >= 0.6 is 0 Å². The number of hydrogen-bond donors (Lipinski definition) is 0. The van der Waals surface area contributed by atoms with Gasteiger partial charge >= 0.3 is 5.97 Å². The van der Waals surface area contributed by atoms with E-state index in [1.54, 1.807) is 24.3 Å². The Morgan fingerprint density at radius 2 is 1.18 bits per heavy atom. The van der Waals surface area contributed by atoms with Gasteiger partial charge in [-0.2, -0.15) is 0 Å². The highest BCUT2D eigenvalue weighted by molar-refractivity contribution is 5.89. The summed E-state index contributed by atoms with van der Waals surface area (Å²) in [7, 11) is 1.35. The summed E-state index contributed by atoms with van der Waals surface area (Å²) < 4.78 is 21.7. The number of methoxy groups -OCH3 is 1. The van der Waals surface area contributed by atoms with E-state index in [2.05, 4.69) is 4.74 Å². The van der Waals surface area contributed by atoms with Gasteiger partial charge in [0.25, 0.3) is 0 Å². The van der Waals surface area contributed by atoms with Crippen molar-refractivity contribution in [2.45, 2.75) is 6.61 Å². The summed E-state index contributed by atoms with van der Waals surface area (Å²) in [5, 5.41) is 0. The average Bonchev–Trinajstić information content (AvgIpc) is 2.76. The summed E-state index contributed by atoms with van der Waals surface area (Å²) in [5.74, 6) is 1.84. The van der Waals surface area contributed by atoms with Crippen LogP contribution in [0.2, 0.25) is 0 Å². The standard InChI is InChI=1S/C23H22O5/c1-25-23(24)19-7-9-20(10-8-19)26-15-16-27-21-11-13-22(14-12-21)28-17-18-5-3-2-4-6-18/h2-14H,15-17H2,1H3. The Bertz CT molecular complexity index is 858. The Balaban J connectivity index is 1.38. The highest BCUT2D eigenvalue weighted by Gasteiger charge is 2.04. The smallest absolute Gasteiger partial charge is 0.337 e. The number of carbonyl (C=O) groups is 1. The zero-order valence-electron chi connectivity index (χ0n) is 15.7. The first kappa shape index (κ1) is 19.3. The molecule has 5 heteroatoms. The van der Waals surface area contributed by atoms with E-state index in [0.717, 1.165) is 17.1 Å². The van der Waals surface area contributed by atoms with Crippen molar-refractivity contribution in [3.63, 3.8) is 0 Å². The lowest BCUT2D eigenvalue weighted by atomic mass is 10.2. The minimum absolute atomic E-state index is 0.369. The van der Waals surface area contributed by atoms with Crippen LogP contribution < -0.4 is 14.2 Å². The molecule has 0 unspecified atom stereocenters. The predicted octanol–water partition coefficient (Wildman–Crippen LogP) is 4.51. The first-order valence-electron chi connectivity index (χ1n) is 8.95. The van der Waals surface area contributed by atoms with E-state index < -0.39 is 0 Å². The highest BCUT2D eigenvalue weighted by atomic mass is 16.5. The van der Waals surface area contributed by atoms with Crippen molar-refractivity contribution in [2.75, 3.05) is 20.3 Å². The maximum absolute atomic E-state index is 11.4. The molecule has 5 nitrogen and oxygen atoms in total. The molecule has 28 heavy (non-hydrogen) atoms. The first-order valence-corrected chi connectivity index (χ1v) is 8.95. The molecule has 0 saturated carbocycles. The number of carbonyl (C=O) groups excluding carboxylic acids is 1. The lowest BCUT2D eigenvalue weighted by molar-refractivity contribution is 0.0600. The summed E-state index contributed by atoms with van der Waals surface area (Å²) in [5.41, 5.74) is 1.61. The summed E-state index contributed by atoms with van der Waals surface area (Å²) in [6, 6.07) is 24.3. The molecule has 0 heterocycles. The van der Waals surface area contributed by atoms with E-state index in [0.29, 0.717) is 31.1 Å².